The molecule has 2 aliphatic rings. The van der Waals surface area contributed by atoms with E-state index in [-0.39, 0.29) is 18.2 Å². The number of hydrogen-bond acceptors (Lipinski definition) is 5. The molecule has 1 N–H and O–H groups in total. The average Bonchev–Trinajstić information content (AvgIpc) is 3.57. The number of fused-ring (bicyclic) bond motifs is 1. The molecule has 2 unspecified atom stereocenters. The van der Waals surface area contributed by atoms with Crippen molar-refractivity contribution in [3.05, 3.63) is 102 Å². The van der Waals surface area contributed by atoms with Crippen molar-refractivity contribution < 1.29 is 9.53 Å². The van der Waals surface area contributed by atoms with Gasteiger partial charge >= 0.3 is 0 Å². The molecule has 0 bridgehead atoms. The average molecular weight is 466 g/mol. The van der Waals surface area contributed by atoms with Crippen LogP contribution in [-0.4, -0.2) is 44.8 Å². The summed E-state index contributed by atoms with van der Waals surface area (Å²) in [6.45, 7) is 1.91. The van der Waals surface area contributed by atoms with Crippen molar-refractivity contribution in [3.63, 3.8) is 0 Å². The molecule has 1 amide bonds. The van der Waals surface area contributed by atoms with Crippen LogP contribution in [0, 0.1) is 0 Å². The second-order valence-electron chi connectivity index (χ2n) is 9.04. The van der Waals surface area contributed by atoms with Crippen molar-refractivity contribution in [1.29, 1.82) is 0 Å². The van der Waals surface area contributed by atoms with E-state index in [1.807, 2.05) is 70.4 Å². The Morgan fingerprint density at radius 1 is 1.03 bits per heavy atom. The van der Waals surface area contributed by atoms with Crippen LogP contribution < -0.4 is 5.32 Å². The van der Waals surface area contributed by atoms with Crippen LogP contribution in [0.1, 0.15) is 40.5 Å². The lowest BCUT2D eigenvalue weighted by atomic mass is 10.0. The third-order valence-corrected chi connectivity index (χ3v) is 6.65. The predicted molar refractivity (Wildman–Crippen MR) is 134 cm³/mol. The summed E-state index contributed by atoms with van der Waals surface area (Å²) in [5.74, 6) is 0.00722. The van der Waals surface area contributed by atoms with Crippen LogP contribution in [-0.2, 0) is 11.3 Å². The molecule has 2 atom stereocenters. The lowest BCUT2D eigenvalue weighted by molar-refractivity contribution is 0.0427. The summed E-state index contributed by atoms with van der Waals surface area (Å²) in [7, 11) is 0. The van der Waals surface area contributed by atoms with E-state index in [1.165, 1.54) is 0 Å². The van der Waals surface area contributed by atoms with Gasteiger partial charge in [-0.15, -0.1) is 0 Å². The maximum atomic E-state index is 13.7. The maximum absolute atomic E-state index is 13.7. The molecular weight excluding hydrogens is 438 g/mol. The van der Waals surface area contributed by atoms with E-state index in [1.54, 1.807) is 6.20 Å². The number of anilines is 1. The summed E-state index contributed by atoms with van der Waals surface area (Å²) in [5, 5.41) is 8.60. The molecule has 4 heterocycles. The number of nitrogens with one attached hydrogen (secondary N) is 1. The zero-order chi connectivity index (χ0) is 23.6. The fourth-order valence-corrected chi connectivity index (χ4v) is 4.95. The summed E-state index contributed by atoms with van der Waals surface area (Å²) in [6.07, 6.45) is 7.28. The smallest absolute Gasteiger partial charge is 0.257 e. The minimum atomic E-state index is -0.374. The van der Waals surface area contributed by atoms with Gasteiger partial charge in [0.2, 0.25) is 0 Å². The molecule has 0 spiro atoms. The minimum absolute atomic E-state index is 0.00722. The number of para-hydroxylation sites is 1. The predicted octanol–water partition coefficient (Wildman–Crippen LogP) is 4.74. The number of amides is 1. The molecule has 7 heteroatoms. The van der Waals surface area contributed by atoms with Crippen molar-refractivity contribution in [2.24, 2.45) is 0 Å². The van der Waals surface area contributed by atoms with E-state index in [2.05, 4.69) is 28.6 Å². The topological polar surface area (TPSA) is 72.3 Å². The lowest BCUT2D eigenvalue weighted by Gasteiger charge is -2.39. The van der Waals surface area contributed by atoms with Crippen LogP contribution in [0.25, 0.3) is 11.3 Å². The molecule has 6 rings (SSSR count). The Bertz CT molecular complexity index is 1320. The minimum Gasteiger partial charge on any atom is -0.376 e. The number of nitrogens with zero attached hydrogens (tertiary/aromatic N) is 4. The molecule has 4 aromatic rings. The number of carbonyl (C=O) groups excluding carboxylic acids is 1. The van der Waals surface area contributed by atoms with E-state index in [4.69, 9.17) is 9.84 Å². The van der Waals surface area contributed by atoms with E-state index >= 15 is 0 Å². The van der Waals surface area contributed by atoms with E-state index in [0.717, 1.165) is 47.5 Å². The van der Waals surface area contributed by atoms with Gasteiger partial charge in [-0.05, 0) is 42.7 Å². The van der Waals surface area contributed by atoms with Crippen LogP contribution in [0.2, 0.25) is 0 Å². The number of aromatic nitrogens is 3. The highest BCUT2D eigenvalue weighted by atomic mass is 16.5. The molecule has 35 heavy (non-hydrogen) atoms. The van der Waals surface area contributed by atoms with E-state index in [9.17, 15) is 4.79 Å². The largest absolute Gasteiger partial charge is 0.376 e. The van der Waals surface area contributed by atoms with E-state index < -0.39 is 0 Å². The molecular formula is C28H27N5O2. The van der Waals surface area contributed by atoms with Gasteiger partial charge in [0.25, 0.3) is 5.91 Å². The summed E-state index contributed by atoms with van der Waals surface area (Å²) in [4.78, 5) is 20.0. The van der Waals surface area contributed by atoms with Crippen LogP contribution >= 0.6 is 0 Å². The van der Waals surface area contributed by atoms with Crippen LogP contribution in [0.3, 0.4) is 0 Å². The summed E-state index contributed by atoms with van der Waals surface area (Å²) in [6, 6.07) is 21.9. The third-order valence-electron chi connectivity index (χ3n) is 6.65. The molecule has 7 nitrogen and oxygen atoms in total. The summed E-state index contributed by atoms with van der Waals surface area (Å²) in [5.41, 5.74) is 5.35. The molecule has 1 saturated heterocycles. The van der Waals surface area contributed by atoms with Crippen molar-refractivity contribution in [3.8, 4) is 11.3 Å². The van der Waals surface area contributed by atoms with Gasteiger partial charge in [-0.1, -0.05) is 42.5 Å². The zero-order valence-electron chi connectivity index (χ0n) is 19.4. The fourth-order valence-electron chi connectivity index (χ4n) is 4.95. The van der Waals surface area contributed by atoms with Crippen molar-refractivity contribution in [1.82, 2.24) is 19.7 Å². The second kappa shape index (κ2) is 9.35. The van der Waals surface area contributed by atoms with Crippen molar-refractivity contribution >= 4 is 11.6 Å². The SMILES string of the molecule is O=C1c2ccccc2NC(c2cn(Cc3ccccc3)nc2-c2cccnc2)N1CC1CCCO1. The number of ether oxygens (including phenoxy) is 1. The van der Waals surface area contributed by atoms with Gasteiger partial charge in [-0.25, -0.2) is 0 Å². The molecule has 2 aliphatic heterocycles. The highest BCUT2D eigenvalue weighted by Gasteiger charge is 2.37. The highest BCUT2D eigenvalue weighted by Crippen LogP contribution is 2.37. The molecule has 1 fully saturated rings. The summed E-state index contributed by atoms with van der Waals surface area (Å²) < 4.78 is 7.87. The first kappa shape index (κ1) is 21.6. The Hall–Kier alpha value is -3.97. The van der Waals surface area contributed by atoms with Crippen LogP contribution in [0.5, 0.6) is 0 Å². The number of hydrogen-bond donors (Lipinski definition) is 1. The van der Waals surface area contributed by atoms with E-state index in [0.29, 0.717) is 18.7 Å². The summed E-state index contributed by atoms with van der Waals surface area (Å²) >= 11 is 0. The number of pyridine rings is 1. The van der Waals surface area contributed by atoms with Gasteiger partial charge in [-0.2, -0.15) is 5.10 Å². The van der Waals surface area contributed by atoms with Gasteiger partial charge in [-0.3, -0.25) is 14.5 Å². The van der Waals surface area contributed by atoms with Gasteiger partial charge < -0.3 is 15.0 Å². The number of rotatable bonds is 6. The highest BCUT2D eigenvalue weighted by molar-refractivity contribution is 6.01. The first-order valence-corrected chi connectivity index (χ1v) is 12.1. The molecule has 0 radical (unpaired) electrons. The molecule has 2 aromatic heterocycles. The van der Waals surface area contributed by atoms with Crippen LogP contribution in [0.15, 0.2) is 85.3 Å². The normalized spacial score (nSPS) is 19.4. The Balaban J connectivity index is 1.44. The third kappa shape index (κ3) is 4.31. The standard InChI is InChI=1S/C28H27N5O2/c34-28-23-12-4-5-13-25(23)30-27(33(28)18-22-11-7-15-35-22)24-19-32(17-20-8-2-1-3-9-20)31-26(24)21-10-6-14-29-16-21/h1-6,8-10,12-14,16,19,22,27,30H,7,11,15,17-18H2. The molecule has 0 saturated carbocycles. The monoisotopic (exact) mass is 465 g/mol. The van der Waals surface area contributed by atoms with Crippen molar-refractivity contribution in [2.75, 3.05) is 18.5 Å². The molecule has 176 valence electrons. The Labute approximate surface area is 204 Å². The first-order chi connectivity index (χ1) is 17.3. The second-order valence-corrected chi connectivity index (χ2v) is 9.04. The van der Waals surface area contributed by atoms with Crippen LogP contribution in [0.4, 0.5) is 5.69 Å². The van der Waals surface area contributed by atoms with Gasteiger partial charge in [0, 0.05) is 48.6 Å². The number of carbonyl (C=O) groups is 1. The zero-order valence-corrected chi connectivity index (χ0v) is 19.4. The Morgan fingerprint density at radius 3 is 2.69 bits per heavy atom. The Kier molecular flexibility index (Phi) is 5.76. The number of benzene rings is 2. The first-order valence-electron chi connectivity index (χ1n) is 12.1. The van der Waals surface area contributed by atoms with Crippen molar-refractivity contribution in [2.45, 2.75) is 31.7 Å². The molecule has 0 aliphatic carbocycles. The fraction of sp³-hybridized carbons (Fsp3) is 0.250. The quantitative estimate of drug-likeness (QED) is 0.445. The van der Waals surface area contributed by atoms with Gasteiger partial charge in [0.05, 0.1) is 18.2 Å². The Morgan fingerprint density at radius 2 is 1.89 bits per heavy atom. The van der Waals surface area contributed by atoms with Gasteiger partial charge in [0.1, 0.15) is 11.9 Å². The van der Waals surface area contributed by atoms with Gasteiger partial charge in [0.15, 0.2) is 0 Å². The maximum Gasteiger partial charge on any atom is 0.257 e. The molecule has 2 aromatic carbocycles. The lowest BCUT2D eigenvalue weighted by Crippen LogP contribution is -2.46.